The number of hydrogen-bond acceptors (Lipinski definition) is 7. The number of benzene rings is 1. The maximum atomic E-state index is 10.9. The second kappa shape index (κ2) is 20.0. The van der Waals surface area contributed by atoms with Crippen molar-refractivity contribution in [3.63, 3.8) is 0 Å². The van der Waals surface area contributed by atoms with Crippen LogP contribution in [0.15, 0.2) is 60.7 Å². The number of aromatic nitrogens is 2. The zero-order valence-electron chi connectivity index (χ0n) is 24.4. The van der Waals surface area contributed by atoms with Crippen molar-refractivity contribution >= 4 is 23.1 Å². The van der Waals surface area contributed by atoms with E-state index in [4.69, 9.17) is 9.97 Å². The fourth-order valence-corrected chi connectivity index (χ4v) is 3.78. The molecule has 0 saturated carbocycles. The number of amides is 1. The van der Waals surface area contributed by atoms with E-state index in [9.17, 15) is 4.79 Å². The number of carbonyl (C=O) groups excluding carboxylic acids is 1. The van der Waals surface area contributed by atoms with Gasteiger partial charge in [-0.1, -0.05) is 56.9 Å². The Bertz CT molecular complexity index is 995. The molecule has 0 aliphatic carbocycles. The number of anilines is 1. The molecule has 8 heteroatoms. The van der Waals surface area contributed by atoms with Gasteiger partial charge in [0.2, 0.25) is 6.41 Å². The Morgan fingerprint density at radius 1 is 1.13 bits per heavy atom. The summed E-state index contributed by atoms with van der Waals surface area (Å²) in [5.41, 5.74) is 2.18. The number of fused-ring (bicyclic) bond motifs is 1. The molecule has 38 heavy (non-hydrogen) atoms. The minimum atomic E-state index is 0.712. The minimum Gasteiger partial charge on any atom is -0.369 e. The van der Waals surface area contributed by atoms with Crippen LogP contribution in [0.4, 0.5) is 5.82 Å². The molecule has 2 N–H and O–H groups in total. The van der Waals surface area contributed by atoms with E-state index in [0.29, 0.717) is 6.54 Å². The Hall–Kier alpha value is -3.07. The van der Waals surface area contributed by atoms with Crippen LogP contribution in [-0.4, -0.2) is 98.0 Å². The number of likely N-dealkylation sites (N-methyl/N-ethyl adjacent to an activating group) is 1. The summed E-state index contributed by atoms with van der Waals surface area (Å²) in [4.78, 5) is 26.7. The molecule has 1 aromatic carbocycles. The van der Waals surface area contributed by atoms with Gasteiger partial charge in [0.1, 0.15) is 11.6 Å². The minimum absolute atomic E-state index is 0.712. The van der Waals surface area contributed by atoms with E-state index < -0.39 is 0 Å². The van der Waals surface area contributed by atoms with Crippen molar-refractivity contribution in [3.8, 4) is 0 Å². The summed E-state index contributed by atoms with van der Waals surface area (Å²) in [5, 5.41) is 7.60. The van der Waals surface area contributed by atoms with E-state index in [1.54, 1.807) is 0 Å². The van der Waals surface area contributed by atoms with Gasteiger partial charge >= 0.3 is 0 Å². The zero-order chi connectivity index (χ0) is 28.2. The predicted octanol–water partition coefficient (Wildman–Crippen LogP) is 4.19. The molecule has 210 valence electrons. The molecule has 0 bridgehead atoms. The Balaban J connectivity index is 0.000000510. The molecule has 3 rings (SSSR count). The summed E-state index contributed by atoms with van der Waals surface area (Å²) in [6.07, 6.45) is 9.90. The number of rotatable bonds is 12. The highest BCUT2D eigenvalue weighted by Gasteiger charge is 2.17. The highest BCUT2D eigenvalue weighted by atomic mass is 16.1. The zero-order valence-corrected chi connectivity index (χ0v) is 24.4. The molecule has 1 amide bonds. The molecule has 1 aliphatic heterocycles. The molecular formula is C30H49N7O. The van der Waals surface area contributed by atoms with Crippen LogP contribution in [-0.2, 0) is 11.3 Å². The maximum Gasteiger partial charge on any atom is 0.209 e. The van der Waals surface area contributed by atoms with Crippen LogP contribution in [0.1, 0.15) is 33.0 Å². The highest BCUT2D eigenvalue weighted by Crippen LogP contribution is 2.21. The van der Waals surface area contributed by atoms with E-state index in [1.807, 2.05) is 75.2 Å². The lowest BCUT2D eigenvalue weighted by molar-refractivity contribution is -0.119. The molecule has 8 nitrogen and oxygen atoms in total. The first-order valence-corrected chi connectivity index (χ1v) is 13.7. The van der Waals surface area contributed by atoms with Gasteiger partial charge in [-0.15, -0.1) is 0 Å². The number of piperazine rings is 1. The molecular weight excluding hydrogens is 474 g/mol. The smallest absolute Gasteiger partial charge is 0.209 e. The Morgan fingerprint density at radius 2 is 1.84 bits per heavy atom. The number of hydrogen-bond donors (Lipinski definition) is 2. The predicted molar refractivity (Wildman–Crippen MR) is 162 cm³/mol. The first-order chi connectivity index (χ1) is 18.5. The summed E-state index contributed by atoms with van der Waals surface area (Å²) in [7, 11) is 6.10. The number of allylic oxidation sites excluding steroid dienone is 3. The molecule has 0 unspecified atom stereocenters. The molecule has 1 saturated heterocycles. The number of nitrogens with zero attached hydrogens (tertiary/aromatic N) is 5. The van der Waals surface area contributed by atoms with Crippen LogP contribution in [0.2, 0.25) is 0 Å². The molecule has 1 fully saturated rings. The molecule has 0 spiro atoms. The SMILES string of the molecule is C=C/C(=C\C=C/C)CNC.CC.CN(C)CCCNc1nc(CN2CCN(C=O)CC2)nc2ccccc12. The normalized spacial score (nSPS) is 14.1. The fourth-order valence-electron chi connectivity index (χ4n) is 3.78. The fraction of sp³-hybridized carbons (Fsp3) is 0.500. The number of carbonyl (C=O) groups is 1. The molecule has 2 aromatic rings. The summed E-state index contributed by atoms with van der Waals surface area (Å²) in [6, 6.07) is 8.14. The first-order valence-electron chi connectivity index (χ1n) is 13.7. The Morgan fingerprint density at radius 3 is 2.45 bits per heavy atom. The van der Waals surface area contributed by atoms with Crippen molar-refractivity contribution in [1.29, 1.82) is 0 Å². The van der Waals surface area contributed by atoms with Gasteiger partial charge in [-0.3, -0.25) is 9.69 Å². The van der Waals surface area contributed by atoms with E-state index >= 15 is 0 Å². The molecule has 1 aromatic heterocycles. The van der Waals surface area contributed by atoms with Crippen molar-refractivity contribution in [1.82, 2.24) is 30.0 Å². The van der Waals surface area contributed by atoms with Gasteiger partial charge in [-0.25, -0.2) is 9.97 Å². The van der Waals surface area contributed by atoms with Crippen molar-refractivity contribution in [2.45, 2.75) is 33.7 Å². The average molecular weight is 524 g/mol. The molecule has 1 aliphatic rings. The van der Waals surface area contributed by atoms with Crippen LogP contribution in [0, 0.1) is 0 Å². The van der Waals surface area contributed by atoms with Crippen LogP contribution < -0.4 is 10.6 Å². The van der Waals surface area contributed by atoms with Crippen LogP contribution in [0.3, 0.4) is 0 Å². The van der Waals surface area contributed by atoms with Crippen molar-refractivity contribution in [2.75, 3.05) is 72.3 Å². The van der Waals surface area contributed by atoms with Gasteiger partial charge in [0, 0.05) is 44.7 Å². The van der Waals surface area contributed by atoms with Crippen molar-refractivity contribution in [2.24, 2.45) is 0 Å². The van der Waals surface area contributed by atoms with Gasteiger partial charge < -0.3 is 20.4 Å². The largest absolute Gasteiger partial charge is 0.369 e. The second-order valence-electron chi connectivity index (χ2n) is 9.01. The first kappa shape index (κ1) is 33.0. The lowest BCUT2D eigenvalue weighted by atomic mass is 10.2. The van der Waals surface area contributed by atoms with E-state index in [-0.39, 0.29) is 0 Å². The molecule has 0 radical (unpaired) electrons. The third kappa shape index (κ3) is 12.4. The van der Waals surface area contributed by atoms with Gasteiger partial charge in [0.05, 0.1) is 12.1 Å². The van der Waals surface area contributed by atoms with E-state index in [0.717, 1.165) is 81.2 Å². The van der Waals surface area contributed by atoms with Crippen LogP contribution >= 0.6 is 0 Å². The van der Waals surface area contributed by atoms with Gasteiger partial charge in [-0.05, 0) is 58.7 Å². The number of para-hydroxylation sites is 1. The van der Waals surface area contributed by atoms with E-state index in [2.05, 4.69) is 47.2 Å². The van der Waals surface area contributed by atoms with Crippen LogP contribution in [0.25, 0.3) is 10.9 Å². The van der Waals surface area contributed by atoms with E-state index in [1.165, 1.54) is 5.57 Å². The summed E-state index contributed by atoms with van der Waals surface area (Å²) < 4.78 is 0. The summed E-state index contributed by atoms with van der Waals surface area (Å²) >= 11 is 0. The topological polar surface area (TPSA) is 76.6 Å². The highest BCUT2D eigenvalue weighted by molar-refractivity contribution is 5.88. The Labute approximate surface area is 230 Å². The maximum absolute atomic E-state index is 10.9. The third-order valence-electron chi connectivity index (χ3n) is 5.79. The molecule has 2 heterocycles. The lowest BCUT2D eigenvalue weighted by Gasteiger charge is -2.32. The summed E-state index contributed by atoms with van der Waals surface area (Å²) in [6.45, 7) is 16.5. The Kier molecular flexibility index (Phi) is 17.3. The van der Waals surface area contributed by atoms with Gasteiger partial charge in [0.15, 0.2) is 0 Å². The van der Waals surface area contributed by atoms with Gasteiger partial charge in [0.25, 0.3) is 0 Å². The van der Waals surface area contributed by atoms with Crippen LogP contribution in [0.5, 0.6) is 0 Å². The average Bonchev–Trinajstić information content (AvgIpc) is 2.95. The van der Waals surface area contributed by atoms with Gasteiger partial charge in [-0.2, -0.15) is 0 Å². The monoisotopic (exact) mass is 523 g/mol. The standard InChI is InChI=1S/C19H28N6O.C9H15N.C2H6/c1-23(2)9-5-8-20-19-16-6-3-4-7-17(16)21-18(22-19)14-24-10-12-25(15-26)13-11-24;1-4-6-7-9(5-2)8-10-3;1-2/h3-4,6-7,15H,5,8-14H2,1-2H3,(H,20,21,22);4-7,10H,2,8H2,1,3H3;1-2H3/b;6-4-,9-7+;. The second-order valence-corrected chi connectivity index (χ2v) is 9.01. The molecule has 0 atom stereocenters. The van der Waals surface area contributed by atoms with Crippen molar-refractivity contribution in [3.05, 3.63) is 66.5 Å². The quantitative estimate of drug-likeness (QED) is 0.245. The van der Waals surface area contributed by atoms with Crippen molar-refractivity contribution < 1.29 is 4.79 Å². The number of nitrogens with one attached hydrogen (secondary N) is 2. The lowest BCUT2D eigenvalue weighted by Crippen LogP contribution is -2.45. The third-order valence-corrected chi connectivity index (χ3v) is 5.79. The summed E-state index contributed by atoms with van der Waals surface area (Å²) in [5.74, 6) is 1.74.